The van der Waals surface area contributed by atoms with Gasteiger partial charge in [-0.15, -0.1) is 34.2 Å². The van der Waals surface area contributed by atoms with Crippen molar-refractivity contribution < 1.29 is 0 Å². The van der Waals surface area contributed by atoms with Gasteiger partial charge in [0.2, 0.25) is 0 Å². The number of aryl methyl sites for hydroxylation is 2. The van der Waals surface area contributed by atoms with Crippen LogP contribution in [0.15, 0.2) is 35.3 Å². The van der Waals surface area contributed by atoms with Crippen LogP contribution in [0.4, 0.5) is 0 Å². The van der Waals surface area contributed by atoms with Gasteiger partial charge in [0, 0.05) is 39.5 Å². The molecule has 1 aromatic heterocycles. The summed E-state index contributed by atoms with van der Waals surface area (Å²) in [6.45, 7) is 9.24. The predicted molar refractivity (Wildman–Crippen MR) is 143 cm³/mol. The van der Waals surface area contributed by atoms with Crippen LogP contribution in [0.3, 0.4) is 0 Å². The Morgan fingerprint density at radius 2 is 1.88 bits per heavy atom. The summed E-state index contributed by atoms with van der Waals surface area (Å²) in [6, 6.07) is 11.0. The molecular formula is C24H40IN7. The van der Waals surface area contributed by atoms with Crippen molar-refractivity contribution in [3.05, 3.63) is 47.5 Å². The molecule has 1 atom stereocenters. The maximum Gasteiger partial charge on any atom is 0.191 e. The van der Waals surface area contributed by atoms with Gasteiger partial charge in [0.25, 0.3) is 0 Å². The lowest BCUT2D eigenvalue weighted by Crippen LogP contribution is -2.43. The monoisotopic (exact) mass is 553 g/mol. The number of fused-ring (bicyclic) bond motifs is 1. The summed E-state index contributed by atoms with van der Waals surface area (Å²) in [5.41, 5.74) is 1.33. The number of halogens is 1. The molecule has 32 heavy (non-hydrogen) atoms. The van der Waals surface area contributed by atoms with Crippen molar-refractivity contribution in [3.8, 4) is 0 Å². The number of likely N-dealkylation sites (N-methyl/N-ethyl adjacent to an activating group) is 1. The van der Waals surface area contributed by atoms with Gasteiger partial charge >= 0.3 is 0 Å². The van der Waals surface area contributed by atoms with Gasteiger partial charge in [-0.25, -0.2) is 0 Å². The number of hydrogen-bond acceptors (Lipinski definition) is 4. The van der Waals surface area contributed by atoms with Crippen molar-refractivity contribution in [3.63, 3.8) is 0 Å². The maximum atomic E-state index is 4.44. The lowest BCUT2D eigenvalue weighted by atomic mass is 10.1. The van der Waals surface area contributed by atoms with Gasteiger partial charge in [-0.3, -0.25) is 9.89 Å². The Morgan fingerprint density at radius 3 is 2.59 bits per heavy atom. The topological polar surface area (TPSA) is 70.4 Å². The molecule has 1 aliphatic heterocycles. The molecule has 2 N–H and O–H groups in total. The number of benzene rings is 1. The van der Waals surface area contributed by atoms with Crippen molar-refractivity contribution in [1.29, 1.82) is 0 Å². The van der Waals surface area contributed by atoms with E-state index < -0.39 is 0 Å². The van der Waals surface area contributed by atoms with Crippen LogP contribution >= 0.6 is 24.0 Å². The van der Waals surface area contributed by atoms with Gasteiger partial charge in [0.15, 0.2) is 5.96 Å². The second-order valence-electron chi connectivity index (χ2n) is 8.13. The zero-order valence-corrected chi connectivity index (χ0v) is 22.2. The Kier molecular flexibility index (Phi) is 12.0. The SMILES string of the molecule is CCN(CC)C(CNC(=NC)NCCCc1nnc2n1CCCCC2)c1ccccc1.I. The highest BCUT2D eigenvalue weighted by Gasteiger charge is 2.18. The smallest absolute Gasteiger partial charge is 0.191 e. The lowest BCUT2D eigenvalue weighted by molar-refractivity contribution is 0.219. The van der Waals surface area contributed by atoms with E-state index in [1.54, 1.807) is 0 Å². The molecule has 1 aliphatic rings. The van der Waals surface area contributed by atoms with Crippen LogP contribution in [0.5, 0.6) is 0 Å². The fraction of sp³-hybridized carbons (Fsp3) is 0.625. The van der Waals surface area contributed by atoms with Gasteiger partial charge < -0.3 is 15.2 Å². The minimum absolute atomic E-state index is 0. The fourth-order valence-corrected chi connectivity index (χ4v) is 4.39. The normalized spacial score (nSPS) is 14.9. The summed E-state index contributed by atoms with van der Waals surface area (Å²) >= 11 is 0. The number of aromatic nitrogens is 3. The second-order valence-corrected chi connectivity index (χ2v) is 8.13. The number of nitrogens with one attached hydrogen (secondary N) is 2. The molecule has 2 heterocycles. The van der Waals surface area contributed by atoms with Crippen molar-refractivity contribution in [2.45, 2.75) is 65.0 Å². The van der Waals surface area contributed by atoms with Crippen LogP contribution in [0, 0.1) is 0 Å². The first-order valence-corrected chi connectivity index (χ1v) is 11.9. The average Bonchev–Trinajstić information content (AvgIpc) is 3.03. The van der Waals surface area contributed by atoms with Gasteiger partial charge in [-0.05, 0) is 37.9 Å². The number of hydrogen-bond donors (Lipinski definition) is 2. The summed E-state index contributed by atoms with van der Waals surface area (Å²) in [7, 11) is 1.84. The molecule has 0 aliphatic carbocycles. The maximum absolute atomic E-state index is 4.44. The molecule has 3 rings (SSSR count). The summed E-state index contributed by atoms with van der Waals surface area (Å²) in [5.74, 6) is 3.15. The number of guanidine groups is 1. The van der Waals surface area contributed by atoms with Crippen LogP contribution in [-0.2, 0) is 19.4 Å². The zero-order valence-electron chi connectivity index (χ0n) is 19.9. The average molecular weight is 554 g/mol. The fourth-order valence-electron chi connectivity index (χ4n) is 4.39. The third-order valence-electron chi connectivity index (χ3n) is 6.18. The summed E-state index contributed by atoms with van der Waals surface area (Å²) in [6.07, 6.45) is 6.79. The van der Waals surface area contributed by atoms with E-state index in [1.165, 1.54) is 30.7 Å². The Hall–Kier alpha value is -1.68. The molecule has 0 bridgehead atoms. The summed E-state index contributed by atoms with van der Waals surface area (Å²) in [4.78, 5) is 6.90. The van der Waals surface area contributed by atoms with E-state index >= 15 is 0 Å². The first kappa shape index (κ1) is 26.6. The molecule has 0 radical (unpaired) electrons. The molecule has 2 aromatic rings. The summed E-state index contributed by atoms with van der Waals surface area (Å²) < 4.78 is 2.34. The van der Waals surface area contributed by atoms with Crippen LogP contribution < -0.4 is 10.6 Å². The first-order chi connectivity index (χ1) is 15.3. The largest absolute Gasteiger partial charge is 0.356 e. The van der Waals surface area contributed by atoms with Gasteiger partial charge in [-0.2, -0.15) is 0 Å². The molecule has 7 nitrogen and oxygen atoms in total. The van der Waals surface area contributed by atoms with E-state index in [0.29, 0.717) is 6.04 Å². The standard InChI is InChI=1S/C24H39N7.HI/c1-4-30(5-2)21(20-13-8-6-9-14-20)19-27-24(25-3)26-17-12-16-23-29-28-22-15-10-7-11-18-31(22)23;/h6,8-9,13-14,21H,4-5,7,10-12,15-19H2,1-3H3,(H2,25,26,27);1H. The molecule has 1 aromatic carbocycles. The van der Waals surface area contributed by atoms with E-state index in [2.05, 4.69) is 79.5 Å². The van der Waals surface area contributed by atoms with Crippen molar-refractivity contribution in [2.24, 2.45) is 4.99 Å². The Balaban J connectivity index is 0.00000363. The van der Waals surface area contributed by atoms with Gasteiger partial charge in [0.1, 0.15) is 11.6 Å². The molecule has 0 saturated carbocycles. The van der Waals surface area contributed by atoms with Crippen molar-refractivity contribution in [1.82, 2.24) is 30.3 Å². The van der Waals surface area contributed by atoms with E-state index in [9.17, 15) is 0 Å². The minimum atomic E-state index is 0. The Bertz CT molecular complexity index is 802. The van der Waals surface area contributed by atoms with E-state index in [4.69, 9.17) is 0 Å². The molecule has 0 saturated heterocycles. The lowest BCUT2D eigenvalue weighted by Gasteiger charge is -2.30. The quantitative estimate of drug-likeness (QED) is 0.203. The molecule has 1 unspecified atom stereocenters. The van der Waals surface area contributed by atoms with Crippen LogP contribution in [0.1, 0.15) is 62.8 Å². The van der Waals surface area contributed by atoms with E-state index in [0.717, 1.165) is 63.8 Å². The predicted octanol–water partition coefficient (Wildman–Crippen LogP) is 3.80. The minimum Gasteiger partial charge on any atom is -0.356 e. The highest BCUT2D eigenvalue weighted by atomic mass is 127. The molecule has 0 amide bonds. The number of rotatable bonds is 10. The van der Waals surface area contributed by atoms with Crippen molar-refractivity contribution in [2.75, 3.05) is 33.2 Å². The summed E-state index contributed by atoms with van der Waals surface area (Å²) in [5, 5.41) is 15.9. The molecular weight excluding hydrogens is 513 g/mol. The van der Waals surface area contributed by atoms with Crippen LogP contribution in [0.25, 0.3) is 0 Å². The molecule has 0 fully saturated rings. The third kappa shape index (κ3) is 7.43. The second kappa shape index (κ2) is 14.5. The van der Waals surface area contributed by atoms with E-state index in [1.807, 2.05) is 7.05 Å². The van der Waals surface area contributed by atoms with Crippen molar-refractivity contribution >= 4 is 29.9 Å². The highest BCUT2D eigenvalue weighted by Crippen LogP contribution is 2.19. The Morgan fingerprint density at radius 1 is 1.09 bits per heavy atom. The number of nitrogens with zero attached hydrogens (tertiary/aromatic N) is 5. The Labute approximate surface area is 210 Å². The third-order valence-corrected chi connectivity index (χ3v) is 6.18. The number of aliphatic imine (C=N–C) groups is 1. The zero-order chi connectivity index (χ0) is 21.9. The van der Waals surface area contributed by atoms with Crippen LogP contribution in [-0.4, -0.2) is 58.9 Å². The van der Waals surface area contributed by atoms with Gasteiger partial charge in [-0.1, -0.05) is 50.6 Å². The first-order valence-electron chi connectivity index (χ1n) is 11.9. The highest BCUT2D eigenvalue weighted by molar-refractivity contribution is 14.0. The molecule has 0 spiro atoms. The molecule has 178 valence electrons. The van der Waals surface area contributed by atoms with Crippen LogP contribution in [0.2, 0.25) is 0 Å². The molecule has 8 heteroatoms. The van der Waals surface area contributed by atoms with E-state index in [-0.39, 0.29) is 24.0 Å². The van der Waals surface area contributed by atoms with Gasteiger partial charge in [0.05, 0.1) is 6.04 Å².